The molecular formula is C18H19BrClNO2. The van der Waals surface area contributed by atoms with Gasteiger partial charge in [-0.25, -0.2) is 0 Å². The van der Waals surface area contributed by atoms with Crippen LogP contribution in [0.2, 0.25) is 5.02 Å². The molecule has 0 spiro atoms. The molecule has 2 aromatic carbocycles. The monoisotopic (exact) mass is 395 g/mol. The van der Waals surface area contributed by atoms with Gasteiger partial charge in [-0.3, -0.25) is 4.79 Å². The molecule has 2 aromatic rings. The quantitative estimate of drug-likeness (QED) is 0.719. The predicted molar refractivity (Wildman–Crippen MR) is 98.5 cm³/mol. The third-order valence-corrected chi connectivity index (χ3v) is 4.24. The number of hydrogen-bond acceptors (Lipinski definition) is 2. The van der Waals surface area contributed by atoms with E-state index in [1.165, 1.54) is 5.56 Å². The normalized spacial score (nSPS) is 10.7. The van der Waals surface area contributed by atoms with Crippen LogP contribution >= 0.6 is 27.5 Å². The molecule has 0 atom stereocenters. The standard InChI is InChI=1S/C18H19BrClNO2/c1-11(2)15-6-5-14(8-12(15)3)23-10-18(22)21-17-7-4-13(19)9-16(17)20/h4-9,11H,10H2,1-3H3,(H,21,22). The molecule has 0 heterocycles. The van der Waals surface area contributed by atoms with Gasteiger partial charge in [-0.1, -0.05) is 47.4 Å². The highest BCUT2D eigenvalue weighted by molar-refractivity contribution is 9.10. The summed E-state index contributed by atoms with van der Waals surface area (Å²) in [5, 5.41) is 3.21. The first-order valence-electron chi connectivity index (χ1n) is 7.35. The smallest absolute Gasteiger partial charge is 0.262 e. The van der Waals surface area contributed by atoms with Crippen LogP contribution < -0.4 is 10.1 Å². The molecule has 5 heteroatoms. The maximum absolute atomic E-state index is 12.0. The Kier molecular flexibility index (Phi) is 6.08. The van der Waals surface area contributed by atoms with Gasteiger partial charge in [0.2, 0.25) is 0 Å². The summed E-state index contributed by atoms with van der Waals surface area (Å²) in [5.74, 6) is 0.899. The third-order valence-electron chi connectivity index (χ3n) is 3.44. The van der Waals surface area contributed by atoms with Crippen molar-refractivity contribution in [1.29, 1.82) is 0 Å². The van der Waals surface area contributed by atoms with E-state index in [4.69, 9.17) is 16.3 Å². The first-order chi connectivity index (χ1) is 10.9. The summed E-state index contributed by atoms with van der Waals surface area (Å²) in [7, 11) is 0. The van der Waals surface area contributed by atoms with Crippen LogP contribution in [0.5, 0.6) is 5.75 Å². The first kappa shape index (κ1) is 17.8. The molecule has 2 rings (SSSR count). The SMILES string of the molecule is Cc1cc(OCC(=O)Nc2ccc(Br)cc2Cl)ccc1C(C)C. The second-order valence-electron chi connectivity index (χ2n) is 5.63. The van der Waals surface area contributed by atoms with Crippen molar-refractivity contribution < 1.29 is 9.53 Å². The Morgan fingerprint density at radius 1 is 1.26 bits per heavy atom. The number of carbonyl (C=O) groups is 1. The van der Waals surface area contributed by atoms with Crippen LogP contribution in [0.3, 0.4) is 0 Å². The summed E-state index contributed by atoms with van der Waals surface area (Å²) < 4.78 is 6.41. The molecule has 1 amide bonds. The van der Waals surface area contributed by atoms with E-state index in [1.54, 1.807) is 12.1 Å². The Labute approximate surface area is 150 Å². The Hall–Kier alpha value is -1.52. The van der Waals surface area contributed by atoms with Crippen molar-refractivity contribution >= 4 is 39.1 Å². The molecule has 0 saturated carbocycles. The van der Waals surface area contributed by atoms with Gasteiger partial charge in [-0.05, 0) is 54.3 Å². The topological polar surface area (TPSA) is 38.3 Å². The van der Waals surface area contributed by atoms with E-state index in [9.17, 15) is 4.79 Å². The summed E-state index contributed by atoms with van der Waals surface area (Å²) in [6.45, 7) is 6.28. The number of nitrogens with one attached hydrogen (secondary N) is 1. The van der Waals surface area contributed by atoms with Crippen LogP contribution in [0.15, 0.2) is 40.9 Å². The van der Waals surface area contributed by atoms with Crippen molar-refractivity contribution in [3.8, 4) is 5.75 Å². The number of ether oxygens (including phenoxy) is 1. The molecule has 122 valence electrons. The maximum atomic E-state index is 12.0. The van der Waals surface area contributed by atoms with Gasteiger partial charge in [0, 0.05) is 4.47 Å². The molecule has 0 bridgehead atoms. The highest BCUT2D eigenvalue weighted by atomic mass is 79.9. The zero-order chi connectivity index (χ0) is 17.0. The van der Waals surface area contributed by atoms with Gasteiger partial charge in [0.1, 0.15) is 5.75 Å². The summed E-state index contributed by atoms with van der Waals surface area (Å²) in [5.41, 5.74) is 3.01. The lowest BCUT2D eigenvalue weighted by Gasteiger charge is -2.13. The second-order valence-corrected chi connectivity index (χ2v) is 6.96. The third kappa shape index (κ3) is 4.98. The predicted octanol–water partition coefficient (Wildman–Crippen LogP) is 5.55. The number of benzene rings is 2. The molecule has 0 radical (unpaired) electrons. The van der Waals surface area contributed by atoms with E-state index in [0.29, 0.717) is 22.4 Å². The molecule has 0 saturated heterocycles. The number of rotatable bonds is 5. The Morgan fingerprint density at radius 3 is 2.61 bits per heavy atom. The van der Waals surface area contributed by atoms with Crippen LogP contribution in [0.4, 0.5) is 5.69 Å². The van der Waals surface area contributed by atoms with Crippen molar-refractivity contribution in [2.45, 2.75) is 26.7 Å². The average Bonchev–Trinajstić information content (AvgIpc) is 2.48. The number of aryl methyl sites for hydroxylation is 1. The van der Waals surface area contributed by atoms with E-state index in [1.807, 2.05) is 31.2 Å². The van der Waals surface area contributed by atoms with Crippen LogP contribution in [-0.2, 0) is 4.79 Å². The van der Waals surface area contributed by atoms with Crippen LogP contribution in [0.25, 0.3) is 0 Å². The van der Waals surface area contributed by atoms with Crippen molar-refractivity contribution in [3.63, 3.8) is 0 Å². The highest BCUT2D eigenvalue weighted by Crippen LogP contribution is 2.26. The largest absolute Gasteiger partial charge is 0.484 e. The van der Waals surface area contributed by atoms with Gasteiger partial charge in [0.25, 0.3) is 5.91 Å². The Bertz CT molecular complexity index is 716. The van der Waals surface area contributed by atoms with E-state index < -0.39 is 0 Å². The van der Waals surface area contributed by atoms with Crippen LogP contribution in [0.1, 0.15) is 30.9 Å². The molecular weight excluding hydrogens is 378 g/mol. The van der Waals surface area contributed by atoms with Gasteiger partial charge in [0.05, 0.1) is 10.7 Å². The number of carbonyl (C=O) groups excluding carboxylic acids is 1. The molecule has 1 N–H and O–H groups in total. The minimum atomic E-state index is -0.250. The Morgan fingerprint density at radius 2 is 2.00 bits per heavy atom. The number of hydrogen-bond donors (Lipinski definition) is 1. The lowest BCUT2D eigenvalue weighted by molar-refractivity contribution is -0.118. The van der Waals surface area contributed by atoms with E-state index in [0.717, 1.165) is 10.0 Å². The minimum absolute atomic E-state index is 0.0626. The molecule has 0 aliphatic heterocycles. The molecule has 0 unspecified atom stereocenters. The van der Waals surface area contributed by atoms with Crippen molar-refractivity contribution in [3.05, 3.63) is 57.0 Å². The van der Waals surface area contributed by atoms with E-state index in [-0.39, 0.29) is 12.5 Å². The van der Waals surface area contributed by atoms with Gasteiger partial charge in [-0.2, -0.15) is 0 Å². The first-order valence-corrected chi connectivity index (χ1v) is 8.52. The second kappa shape index (κ2) is 7.84. The molecule has 0 aliphatic carbocycles. The number of anilines is 1. The van der Waals surface area contributed by atoms with Gasteiger partial charge in [-0.15, -0.1) is 0 Å². The lowest BCUT2D eigenvalue weighted by atomic mass is 9.98. The van der Waals surface area contributed by atoms with Crippen molar-refractivity contribution in [2.75, 3.05) is 11.9 Å². The summed E-state index contributed by atoms with van der Waals surface area (Å²) in [6, 6.07) is 11.2. The fourth-order valence-corrected chi connectivity index (χ4v) is 3.03. The van der Waals surface area contributed by atoms with Gasteiger partial charge < -0.3 is 10.1 Å². The fourth-order valence-electron chi connectivity index (χ4n) is 2.31. The summed E-state index contributed by atoms with van der Waals surface area (Å²) in [4.78, 5) is 12.0. The van der Waals surface area contributed by atoms with E-state index >= 15 is 0 Å². The molecule has 0 fully saturated rings. The molecule has 0 aromatic heterocycles. The van der Waals surface area contributed by atoms with E-state index in [2.05, 4.69) is 35.1 Å². The number of halogens is 2. The average molecular weight is 397 g/mol. The fraction of sp³-hybridized carbons (Fsp3) is 0.278. The maximum Gasteiger partial charge on any atom is 0.262 e. The lowest BCUT2D eigenvalue weighted by Crippen LogP contribution is -2.20. The zero-order valence-corrected chi connectivity index (χ0v) is 15.7. The molecule has 3 nitrogen and oxygen atoms in total. The molecule has 0 aliphatic rings. The highest BCUT2D eigenvalue weighted by Gasteiger charge is 2.09. The van der Waals surface area contributed by atoms with Crippen LogP contribution in [0, 0.1) is 6.92 Å². The van der Waals surface area contributed by atoms with Gasteiger partial charge >= 0.3 is 0 Å². The molecule has 23 heavy (non-hydrogen) atoms. The van der Waals surface area contributed by atoms with Crippen molar-refractivity contribution in [1.82, 2.24) is 0 Å². The van der Waals surface area contributed by atoms with Gasteiger partial charge in [0.15, 0.2) is 6.61 Å². The minimum Gasteiger partial charge on any atom is -0.484 e. The zero-order valence-electron chi connectivity index (χ0n) is 13.3. The van der Waals surface area contributed by atoms with Crippen molar-refractivity contribution in [2.24, 2.45) is 0 Å². The summed E-state index contributed by atoms with van der Waals surface area (Å²) in [6.07, 6.45) is 0. The number of amides is 1. The Balaban J connectivity index is 1.95. The summed E-state index contributed by atoms with van der Waals surface area (Å²) >= 11 is 9.40. The van der Waals surface area contributed by atoms with Crippen LogP contribution in [-0.4, -0.2) is 12.5 Å².